The first-order valence-corrected chi connectivity index (χ1v) is 9.04. The van der Waals surface area contributed by atoms with Crippen LogP contribution in [0.5, 0.6) is 11.5 Å². The molecule has 0 spiro atoms. The van der Waals surface area contributed by atoms with Crippen molar-refractivity contribution in [2.75, 3.05) is 0 Å². The van der Waals surface area contributed by atoms with Crippen molar-refractivity contribution in [3.63, 3.8) is 0 Å². The number of rotatable bonds is 6. The summed E-state index contributed by atoms with van der Waals surface area (Å²) in [5.41, 5.74) is 0.717. The van der Waals surface area contributed by atoms with Crippen molar-refractivity contribution in [1.29, 1.82) is 0 Å². The highest BCUT2D eigenvalue weighted by molar-refractivity contribution is 6.32. The van der Waals surface area contributed by atoms with Gasteiger partial charge in [0.15, 0.2) is 16.7 Å². The number of aliphatic hydroxyl groups excluding tert-OH is 1. The number of halogens is 4. The SMILES string of the molecule is O=C(NCc1ccc(Cl)c(Oc2cc(Cl)cc(CO)c2)c1F)c1[nH]cnc1Cl. The van der Waals surface area contributed by atoms with Crippen LogP contribution in [0.2, 0.25) is 15.2 Å². The number of amides is 1. The fourth-order valence-electron chi connectivity index (χ4n) is 2.39. The number of aliphatic hydroxyl groups is 1. The Balaban J connectivity index is 1.81. The molecule has 1 heterocycles. The second-order valence-electron chi connectivity index (χ2n) is 5.66. The normalized spacial score (nSPS) is 10.8. The summed E-state index contributed by atoms with van der Waals surface area (Å²) in [6.45, 7) is -0.389. The number of nitrogens with one attached hydrogen (secondary N) is 2. The molecular formula is C18H13Cl3FN3O3. The van der Waals surface area contributed by atoms with Crippen molar-refractivity contribution in [2.45, 2.75) is 13.2 Å². The van der Waals surface area contributed by atoms with E-state index in [9.17, 15) is 14.3 Å². The molecular weight excluding hydrogens is 432 g/mol. The molecule has 0 fully saturated rings. The van der Waals surface area contributed by atoms with Crippen LogP contribution in [0.25, 0.3) is 0 Å². The molecule has 6 nitrogen and oxygen atoms in total. The van der Waals surface area contributed by atoms with E-state index in [1.807, 2.05) is 0 Å². The first kappa shape index (κ1) is 20.4. The summed E-state index contributed by atoms with van der Waals surface area (Å²) < 4.78 is 20.4. The lowest BCUT2D eigenvalue weighted by atomic mass is 10.2. The molecule has 0 radical (unpaired) electrons. The third-order valence-electron chi connectivity index (χ3n) is 3.72. The largest absolute Gasteiger partial charge is 0.453 e. The van der Waals surface area contributed by atoms with Gasteiger partial charge >= 0.3 is 0 Å². The van der Waals surface area contributed by atoms with Crippen LogP contribution >= 0.6 is 34.8 Å². The maximum Gasteiger partial charge on any atom is 0.271 e. The van der Waals surface area contributed by atoms with E-state index < -0.39 is 11.7 Å². The van der Waals surface area contributed by atoms with Gasteiger partial charge in [-0.1, -0.05) is 40.9 Å². The molecule has 0 bridgehead atoms. The summed E-state index contributed by atoms with van der Waals surface area (Å²) in [6.07, 6.45) is 1.28. The van der Waals surface area contributed by atoms with Crippen LogP contribution in [0.3, 0.4) is 0 Å². The van der Waals surface area contributed by atoms with Crippen LogP contribution in [-0.2, 0) is 13.2 Å². The molecule has 0 atom stereocenters. The molecule has 3 N–H and O–H groups in total. The fourth-order valence-corrected chi connectivity index (χ4v) is 3.01. The number of carbonyl (C=O) groups is 1. The van der Waals surface area contributed by atoms with E-state index in [1.54, 1.807) is 6.07 Å². The topological polar surface area (TPSA) is 87.2 Å². The fraction of sp³-hybridized carbons (Fsp3) is 0.111. The maximum absolute atomic E-state index is 14.9. The first-order valence-electron chi connectivity index (χ1n) is 7.91. The molecule has 0 saturated carbocycles. The minimum absolute atomic E-state index is 0.0127. The van der Waals surface area contributed by atoms with E-state index in [2.05, 4.69) is 15.3 Å². The van der Waals surface area contributed by atoms with Crippen LogP contribution in [0.1, 0.15) is 21.6 Å². The minimum atomic E-state index is -0.742. The number of imidazole rings is 1. The molecule has 3 aromatic rings. The number of nitrogens with zero attached hydrogens (tertiary/aromatic N) is 1. The number of aromatic amines is 1. The summed E-state index contributed by atoms with van der Waals surface area (Å²) >= 11 is 17.8. The van der Waals surface area contributed by atoms with Gasteiger partial charge in [-0.05, 0) is 29.8 Å². The van der Waals surface area contributed by atoms with Crippen molar-refractivity contribution in [1.82, 2.24) is 15.3 Å². The van der Waals surface area contributed by atoms with Gasteiger partial charge in [-0.2, -0.15) is 0 Å². The molecule has 0 saturated heterocycles. The number of hydrogen-bond donors (Lipinski definition) is 3. The number of aromatic nitrogens is 2. The van der Waals surface area contributed by atoms with Crippen molar-refractivity contribution in [3.8, 4) is 11.5 Å². The van der Waals surface area contributed by atoms with Crippen LogP contribution < -0.4 is 10.1 Å². The summed E-state index contributed by atoms with van der Waals surface area (Å²) in [6, 6.07) is 7.40. The Labute approximate surface area is 174 Å². The van der Waals surface area contributed by atoms with Gasteiger partial charge < -0.3 is 20.1 Å². The molecule has 1 aromatic heterocycles. The summed E-state index contributed by atoms with van der Waals surface area (Å²) in [4.78, 5) is 18.4. The van der Waals surface area contributed by atoms with Crippen molar-refractivity contribution in [3.05, 3.63) is 74.5 Å². The molecule has 0 aliphatic heterocycles. The highest BCUT2D eigenvalue weighted by Gasteiger charge is 2.18. The predicted octanol–water partition coefficient (Wildman–Crippen LogP) is 4.72. The lowest BCUT2D eigenvalue weighted by Crippen LogP contribution is -2.24. The van der Waals surface area contributed by atoms with E-state index in [0.29, 0.717) is 10.6 Å². The summed E-state index contributed by atoms with van der Waals surface area (Å²) in [7, 11) is 0. The second-order valence-corrected chi connectivity index (χ2v) is 6.86. The maximum atomic E-state index is 14.9. The van der Waals surface area contributed by atoms with E-state index in [-0.39, 0.29) is 46.1 Å². The monoisotopic (exact) mass is 443 g/mol. The molecule has 3 rings (SSSR count). The number of hydrogen-bond acceptors (Lipinski definition) is 4. The number of carbonyl (C=O) groups excluding carboxylic acids is 1. The zero-order chi connectivity index (χ0) is 20.3. The predicted molar refractivity (Wildman–Crippen MR) is 104 cm³/mol. The second kappa shape index (κ2) is 8.79. The van der Waals surface area contributed by atoms with Crippen molar-refractivity contribution < 1.29 is 19.0 Å². The lowest BCUT2D eigenvalue weighted by molar-refractivity contribution is 0.0946. The van der Waals surface area contributed by atoms with E-state index in [4.69, 9.17) is 39.5 Å². The standard InChI is InChI=1S/C18H13Cl3FN3O3/c19-11-3-9(7-26)4-12(5-11)28-16-13(20)2-1-10(14(16)22)6-23-18(27)15-17(21)25-8-24-15/h1-5,8,26H,6-7H2,(H,23,27)(H,24,25). The Morgan fingerprint density at radius 1 is 1.25 bits per heavy atom. The third kappa shape index (κ3) is 4.56. The molecule has 0 aliphatic rings. The first-order chi connectivity index (χ1) is 13.4. The van der Waals surface area contributed by atoms with E-state index in [1.165, 1.54) is 30.6 Å². The smallest absolute Gasteiger partial charge is 0.271 e. The lowest BCUT2D eigenvalue weighted by Gasteiger charge is -2.13. The number of H-pyrrole nitrogens is 1. The van der Waals surface area contributed by atoms with Crippen LogP contribution in [0, 0.1) is 5.82 Å². The Hall–Kier alpha value is -2.32. The van der Waals surface area contributed by atoms with E-state index in [0.717, 1.165) is 0 Å². The van der Waals surface area contributed by atoms with Gasteiger partial charge in [0.05, 0.1) is 18.0 Å². The molecule has 146 valence electrons. The molecule has 0 aliphatic carbocycles. The third-order valence-corrected chi connectivity index (χ3v) is 4.52. The van der Waals surface area contributed by atoms with E-state index >= 15 is 0 Å². The highest BCUT2D eigenvalue weighted by Crippen LogP contribution is 2.35. The van der Waals surface area contributed by atoms with Gasteiger partial charge in [-0.25, -0.2) is 9.37 Å². The molecule has 1 amide bonds. The minimum Gasteiger partial charge on any atom is -0.453 e. The van der Waals surface area contributed by atoms with Gasteiger partial charge in [0.1, 0.15) is 11.4 Å². The Kier molecular flexibility index (Phi) is 6.41. The number of ether oxygens (including phenoxy) is 1. The highest BCUT2D eigenvalue weighted by atomic mass is 35.5. The van der Waals surface area contributed by atoms with Gasteiger partial charge in [0.2, 0.25) is 0 Å². The van der Waals surface area contributed by atoms with Crippen molar-refractivity contribution in [2.24, 2.45) is 0 Å². The molecule has 0 unspecified atom stereocenters. The van der Waals surface area contributed by atoms with Gasteiger partial charge in [-0.3, -0.25) is 4.79 Å². The van der Waals surface area contributed by atoms with Crippen LogP contribution in [-0.4, -0.2) is 21.0 Å². The summed E-state index contributed by atoms with van der Waals surface area (Å²) in [5.74, 6) is -1.29. The average molecular weight is 445 g/mol. The van der Waals surface area contributed by atoms with Crippen molar-refractivity contribution >= 4 is 40.7 Å². The zero-order valence-corrected chi connectivity index (χ0v) is 16.4. The van der Waals surface area contributed by atoms with Crippen LogP contribution in [0.4, 0.5) is 4.39 Å². The van der Waals surface area contributed by atoms with Gasteiger partial charge in [0.25, 0.3) is 5.91 Å². The molecule has 10 heteroatoms. The Bertz CT molecular complexity index is 1030. The quantitative estimate of drug-likeness (QED) is 0.513. The van der Waals surface area contributed by atoms with Gasteiger partial charge in [0, 0.05) is 17.1 Å². The van der Waals surface area contributed by atoms with Crippen LogP contribution in [0.15, 0.2) is 36.7 Å². The zero-order valence-electron chi connectivity index (χ0n) is 14.1. The Morgan fingerprint density at radius 3 is 2.71 bits per heavy atom. The summed E-state index contributed by atoms with van der Waals surface area (Å²) in [5, 5.41) is 12.2. The Morgan fingerprint density at radius 2 is 2.04 bits per heavy atom. The molecule has 28 heavy (non-hydrogen) atoms. The molecule has 2 aromatic carbocycles. The van der Waals surface area contributed by atoms with Gasteiger partial charge in [-0.15, -0.1) is 0 Å². The average Bonchev–Trinajstić information content (AvgIpc) is 3.09. The number of benzene rings is 2.